The maximum Gasteiger partial charge on any atom is 0.120 e. The summed E-state index contributed by atoms with van der Waals surface area (Å²) in [4.78, 5) is 0. The normalized spacial score (nSPS) is 15.8. The highest BCUT2D eigenvalue weighted by molar-refractivity contribution is 6.31. The van der Waals surface area contributed by atoms with E-state index < -0.39 is 0 Å². The van der Waals surface area contributed by atoms with Crippen LogP contribution in [0.1, 0.15) is 35.6 Å². The lowest BCUT2D eigenvalue weighted by atomic mass is 9.95. The smallest absolute Gasteiger partial charge is 0.120 e. The molecule has 0 bridgehead atoms. The molecule has 0 aromatic heterocycles. The first-order valence-electron chi connectivity index (χ1n) is 7.38. The van der Waals surface area contributed by atoms with Crippen LogP contribution in [0.25, 0.3) is 0 Å². The van der Waals surface area contributed by atoms with E-state index in [4.69, 9.17) is 16.3 Å². The van der Waals surface area contributed by atoms with Gasteiger partial charge < -0.3 is 10.1 Å². The van der Waals surface area contributed by atoms with Crippen LogP contribution < -0.4 is 10.1 Å². The Kier molecular flexibility index (Phi) is 4.18. The monoisotopic (exact) mass is 301 g/mol. The Bertz CT molecular complexity index is 637. The molecule has 21 heavy (non-hydrogen) atoms. The van der Waals surface area contributed by atoms with Crippen LogP contribution >= 0.6 is 11.6 Å². The van der Waals surface area contributed by atoms with Crippen molar-refractivity contribution in [1.29, 1.82) is 0 Å². The van der Waals surface area contributed by atoms with Gasteiger partial charge in [-0.3, -0.25) is 0 Å². The Balaban J connectivity index is 1.93. The summed E-state index contributed by atoms with van der Waals surface area (Å²) in [7, 11) is 1.97. The molecule has 2 aromatic carbocycles. The lowest BCUT2D eigenvalue weighted by Gasteiger charge is -2.20. The van der Waals surface area contributed by atoms with Gasteiger partial charge in [0.1, 0.15) is 5.75 Å². The third-order valence-electron chi connectivity index (χ3n) is 3.93. The van der Waals surface area contributed by atoms with E-state index in [2.05, 4.69) is 36.5 Å². The molecule has 2 nitrogen and oxygen atoms in total. The molecule has 0 spiro atoms. The van der Waals surface area contributed by atoms with Crippen molar-refractivity contribution in [3.05, 3.63) is 64.2 Å². The number of rotatable bonds is 5. The Labute approximate surface area is 131 Å². The van der Waals surface area contributed by atoms with Crippen molar-refractivity contribution >= 4 is 11.6 Å². The van der Waals surface area contributed by atoms with Crippen molar-refractivity contribution in [2.45, 2.75) is 31.9 Å². The molecule has 0 aliphatic heterocycles. The number of hydrogen-bond donors (Lipinski definition) is 1. The molecule has 2 aromatic rings. The predicted molar refractivity (Wildman–Crippen MR) is 87.2 cm³/mol. The second-order valence-corrected chi connectivity index (χ2v) is 5.97. The molecule has 1 N–H and O–H groups in total. The zero-order valence-corrected chi connectivity index (χ0v) is 13.2. The molecular formula is C18H20ClNO. The van der Waals surface area contributed by atoms with E-state index in [-0.39, 0.29) is 6.04 Å². The highest BCUT2D eigenvalue weighted by Gasteiger charge is 2.24. The van der Waals surface area contributed by atoms with Gasteiger partial charge in [-0.15, -0.1) is 0 Å². The van der Waals surface area contributed by atoms with E-state index >= 15 is 0 Å². The fraction of sp³-hybridized carbons (Fsp3) is 0.333. The number of ether oxygens (including phenoxy) is 1. The Morgan fingerprint density at radius 2 is 1.95 bits per heavy atom. The number of halogens is 1. The van der Waals surface area contributed by atoms with Crippen molar-refractivity contribution in [3.63, 3.8) is 0 Å². The van der Waals surface area contributed by atoms with Crippen LogP contribution in [0, 0.1) is 6.92 Å². The van der Waals surface area contributed by atoms with E-state index in [9.17, 15) is 0 Å². The largest absolute Gasteiger partial charge is 0.490 e. The van der Waals surface area contributed by atoms with Crippen molar-refractivity contribution in [2.75, 3.05) is 7.05 Å². The maximum atomic E-state index is 6.26. The summed E-state index contributed by atoms with van der Waals surface area (Å²) >= 11 is 6.26. The molecule has 110 valence electrons. The lowest BCUT2D eigenvalue weighted by Crippen LogP contribution is -2.18. The van der Waals surface area contributed by atoms with Crippen LogP contribution in [-0.4, -0.2) is 13.2 Å². The molecule has 3 heteroatoms. The van der Waals surface area contributed by atoms with Gasteiger partial charge in [-0.1, -0.05) is 35.9 Å². The quantitative estimate of drug-likeness (QED) is 0.878. The van der Waals surface area contributed by atoms with Gasteiger partial charge in [0.05, 0.1) is 12.1 Å². The van der Waals surface area contributed by atoms with Crippen LogP contribution in [0.4, 0.5) is 0 Å². The SMILES string of the molecule is CNC(c1cccc(OC2CC2)c1)c1cccc(Cl)c1C. The lowest BCUT2D eigenvalue weighted by molar-refractivity contribution is 0.302. The van der Waals surface area contributed by atoms with Gasteiger partial charge in [0.2, 0.25) is 0 Å². The maximum absolute atomic E-state index is 6.26. The molecule has 3 rings (SSSR count). The van der Waals surface area contributed by atoms with E-state index in [1.807, 2.05) is 25.2 Å². The van der Waals surface area contributed by atoms with E-state index in [1.54, 1.807) is 0 Å². The minimum Gasteiger partial charge on any atom is -0.490 e. The van der Waals surface area contributed by atoms with Gasteiger partial charge >= 0.3 is 0 Å². The molecule has 0 amide bonds. The number of benzene rings is 2. The molecular weight excluding hydrogens is 282 g/mol. The molecule has 0 radical (unpaired) electrons. The first kappa shape index (κ1) is 14.4. The number of hydrogen-bond acceptors (Lipinski definition) is 2. The molecule has 1 saturated carbocycles. The van der Waals surface area contributed by atoms with Crippen LogP contribution in [-0.2, 0) is 0 Å². The summed E-state index contributed by atoms with van der Waals surface area (Å²) in [5, 5.41) is 4.19. The minimum absolute atomic E-state index is 0.117. The fourth-order valence-electron chi connectivity index (χ4n) is 2.58. The average Bonchev–Trinajstić information content (AvgIpc) is 3.29. The van der Waals surface area contributed by atoms with E-state index in [0.29, 0.717) is 6.10 Å². The molecule has 1 atom stereocenters. The zero-order valence-electron chi connectivity index (χ0n) is 12.4. The molecule has 0 heterocycles. The second-order valence-electron chi connectivity index (χ2n) is 5.57. The van der Waals surface area contributed by atoms with Crippen molar-refractivity contribution in [2.24, 2.45) is 0 Å². The standard InChI is InChI=1S/C18H20ClNO/c1-12-16(7-4-8-17(12)19)18(20-2)13-5-3-6-15(11-13)21-14-9-10-14/h3-8,11,14,18,20H,9-10H2,1-2H3. The van der Waals surface area contributed by atoms with Crippen molar-refractivity contribution < 1.29 is 4.74 Å². The average molecular weight is 302 g/mol. The predicted octanol–water partition coefficient (Wildman–Crippen LogP) is 4.50. The summed E-state index contributed by atoms with van der Waals surface area (Å²) in [5.74, 6) is 0.954. The third-order valence-corrected chi connectivity index (χ3v) is 4.34. The summed E-state index contributed by atoms with van der Waals surface area (Å²) in [5.41, 5.74) is 3.52. The molecule has 1 unspecified atom stereocenters. The van der Waals surface area contributed by atoms with E-state index in [1.165, 1.54) is 24.0 Å². The molecule has 1 aliphatic rings. The number of nitrogens with one attached hydrogen (secondary N) is 1. The zero-order chi connectivity index (χ0) is 14.8. The summed E-state index contributed by atoms with van der Waals surface area (Å²) in [6.45, 7) is 2.06. The Hall–Kier alpha value is -1.51. The third kappa shape index (κ3) is 3.22. The molecule has 1 aliphatic carbocycles. The van der Waals surface area contributed by atoms with Gasteiger partial charge in [0.25, 0.3) is 0 Å². The van der Waals surface area contributed by atoms with Gasteiger partial charge in [-0.05, 0) is 61.7 Å². The van der Waals surface area contributed by atoms with Crippen LogP contribution in [0.2, 0.25) is 5.02 Å². The minimum atomic E-state index is 0.117. The Morgan fingerprint density at radius 1 is 1.19 bits per heavy atom. The Morgan fingerprint density at radius 3 is 2.67 bits per heavy atom. The highest BCUT2D eigenvalue weighted by Crippen LogP contribution is 2.32. The van der Waals surface area contributed by atoms with Gasteiger partial charge in [-0.25, -0.2) is 0 Å². The van der Waals surface area contributed by atoms with Crippen LogP contribution in [0.15, 0.2) is 42.5 Å². The summed E-state index contributed by atoms with van der Waals surface area (Å²) in [6.07, 6.45) is 2.77. The van der Waals surface area contributed by atoms with Crippen molar-refractivity contribution in [1.82, 2.24) is 5.32 Å². The van der Waals surface area contributed by atoms with Crippen molar-refractivity contribution in [3.8, 4) is 5.75 Å². The van der Waals surface area contributed by atoms with Gasteiger partial charge in [-0.2, -0.15) is 0 Å². The van der Waals surface area contributed by atoms with Crippen LogP contribution in [0.5, 0.6) is 5.75 Å². The summed E-state index contributed by atoms with van der Waals surface area (Å²) < 4.78 is 5.90. The van der Waals surface area contributed by atoms with E-state index in [0.717, 1.165) is 16.3 Å². The topological polar surface area (TPSA) is 21.3 Å². The van der Waals surface area contributed by atoms with Gasteiger partial charge in [0.15, 0.2) is 0 Å². The molecule has 1 fully saturated rings. The second kappa shape index (κ2) is 6.08. The van der Waals surface area contributed by atoms with Crippen LogP contribution in [0.3, 0.4) is 0 Å². The highest BCUT2D eigenvalue weighted by atomic mass is 35.5. The first-order valence-corrected chi connectivity index (χ1v) is 7.75. The fourth-order valence-corrected chi connectivity index (χ4v) is 2.77. The first-order chi connectivity index (χ1) is 10.2. The summed E-state index contributed by atoms with van der Waals surface area (Å²) in [6, 6.07) is 14.5. The van der Waals surface area contributed by atoms with Gasteiger partial charge in [0, 0.05) is 5.02 Å². The molecule has 0 saturated heterocycles.